The van der Waals surface area contributed by atoms with Crippen molar-refractivity contribution < 1.29 is 13.7 Å². The van der Waals surface area contributed by atoms with Crippen LogP contribution in [0.1, 0.15) is 57.1 Å². The van der Waals surface area contributed by atoms with E-state index in [1.807, 2.05) is 13.8 Å². The van der Waals surface area contributed by atoms with Gasteiger partial charge < -0.3 is 9.80 Å². The lowest BCUT2D eigenvalue weighted by Gasteiger charge is -2.41. The molecule has 1 aromatic carbocycles. The first-order valence-corrected chi connectivity index (χ1v) is 9.22. The molecule has 0 aromatic heterocycles. The number of halogens is 1. The van der Waals surface area contributed by atoms with Gasteiger partial charge in [0, 0.05) is 18.5 Å². The molecule has 4 heteroatoms. The van der Waals surface area contributed by atoms with E-state index in [9.17, 15) is 9.18 Å². The van der Waals surface area contributed by atoms with Crippen molar-refractivity contribution in [3.05, 3.63) is 29.1 Å². The Labute approximate surface area is 145 Å². The Balaban J connectivity index is 2.25. The lowest BCUT2D eigenvalue weighted by atomic mass is 10.1. The maximum atomic E-state index is 13.5. The second-order valence-corrected chi connectivity index (χ2v) is 7.60. The van der Waals surface area contributed by atoms with Crippen molar-refractivity contribution in [3.63, 3.8) is 0 Å². The van der Waals surface area contributed by atoms with Crippen LogP contribution in [0.15, 0.2) is 12.1 Å². The van der Waals surface area contributed by atoms with Crippen LogP contribution >= 0.6 is 0 Å². The van der Waals surface area contributed by atoms with Gasteiger partial charge in [0.2, 0.25) is 0 Å². The molecular weight excluding hydrogens is 303 g/mol. The molecule has 1 aliphatic carbocycles. The van der Waals surface area contributed by atoms with E-state index in [1.165, 1.54) is 12.1 Å². The summed E-state index contributed by atoms with van der Waals surface area (Å²) >= 11 is 0. The second kappa shape index (κ2) is 7.22. The maximum absolute atomic E-state index is 13.5. The van der Waals surface area contributed by atoms with E-state index in [2.05, 4.69) is 26.2 Å². The zero-order chi connectivity index (χ0) is 18.0. The van der Waals surface area contributed by atoms with Gasteiger partial charge in [-0.25, -0.2) is 4.39 Å². The highest BCUT2D eigenvalue weighted by molar-refractivity contribution is 6.00. The summed E-state index contributed by atoms with van der Waals surface area (Å²) < 4.78 is 14.3. The molecule has 134 valence electrons. The third kappa shape index (κ3) is 3.49. The first-order chi connectivity index (χ1) is 11.3. The molecule has 0 heterocycles. The van der Waals surface area contributed by atoms with E-state index in [4.69, 9.17) is 0 Å². The smallest absolute Gasteiger partial charge is 0.285 e. The Hall–Kier alpha value is -1.42. The Bertz CT molecular complexity index is 587. The molecule has 0 radical (unpaired) electrons. The first-order valence-electron chi connectivity index (χ1n) is 9.22. The monoisotopic (exact) mass is 335 g/mol. The largest absolute Gasteiger partial charge is 0.320 e. The number of rotatable bonds is 8. The maximum Gasteiger partial charge on any atom is 0.285 e. The fourth-order valence-electron chi connectivity index (χ4n) is 4.01. The average Bonchev–Trinajstić information content (AvgIpc) is 3.31. The zero-order valence-electron chi connectivity index (χ0n) is 15.8. The van der Waals surface area contributed by atoms with Gasteiger partial charge in [0.1, 0.15) is 5.82 Å². The Morgan fingerprint density at radius 3 is 2.21 bits per heavy atom. The molecule has 1 amide bonds. The highest BCUT2D eigenvalue weighted by atomic mass is 19.1. The Kier molecular flexibility index (Phi) is 5.69. The van der Waals surface area contributed by atoms with Gasteiger partial charge in [0.25, 0.3) is 5.91 Å². The molecule has 1 saturated carbocycles. The van der Waals surface area contributed by atoms with Gasteiger partial charge in [-0.15, -0.1) is 0 Å². The molecule has 2 rings (SSSR count). The Morgan fingerprint density at radius 2 is 1.75 bits per heavy atom. The highest BCUT2D eigenvalue weighted by Gasteiger charge is 2.63. The van der Waals surface area contributed by atoms with Crippen LogP contribution in [0.3, 0.4) is 0 Å². The Morgan fingerprint density at radius 1 is 1.17 bits per heavy atom. The number of likely N-dealkylation sites (N-methyl/N-ethyl adjacent to an activating group) is 1. The SMILES string of the molecule is CCCC[N+](C)(CCC)C1(C(=O)Nc2c(C)cc(F)cc2C)CC1. The minimum atomic E-state index is -0.307. The number of hydrogen-bond donors (Lipinski definition) is 1. The van der Waals surface area contributed by atoms with Gasteiger partial charge in [0.05, 0.1) is 20.1 Å². The quantitative estimate of drug-likeness (QED) is 0.693. The molecule has 3 nitrogen and oxygen atoms in total. The standard InChI is InChI=1S/C20H31FN2O/c1-6-8-12-23(5,11-7-2)20(9-10-20)19(24)22-18-15(3)13-17(21)14-16(18)4/h13-14H,6-12H2,1-5H3/p+1. The number of aryl methyl sites for hydroxylation is 2. The van der Waals surface area contributed by atoms with E-state index < -0.39 is 0 Å². The van der Waals surface area contributed by atoms with Gasteiger partial charge in [-0.2, -0.15) is 0 Å². The third-order valence-corrected chi connectivity index (χ3v) is 5.64. The van der Waals surface area contributed by atoms with Gasteiger partial charge in [-0.1, -0.05) is 20.3 Å². The number of nitrogens with one attached hydrogen (secondary N) is 1. The van der Waals surface area contributed by atoms with E-state index in [1.54, 1.807) is 0 Å². The fourth-order valence-corrected chi connectivity index (χ4v) is 4.01. The van der Waals surface area contributed by atoms with Crippen molar-refractivity contribution >= 4 is 11.6 Å². The van der Waals surface area contributed by atoms with Gasteiger partial charge >= 0.3 is 0 Å². The van der Waals surface area contributed by atoms with Crippen LogP contribution in [-0.2, 0) is 4.79 Å². The number of nitrogens with zero attached hydrogens (tertiary/aromatic N) is 1. The minimum absolute atomic E-state index is 0.104. The zero-order valence-corrected chi connectivity index (χ0v) is 15.8. The molecule has 1 aliphatic rings. The summed E-state index contributed by atoms with van der Waals surface area (Å²) in [6, 6.07) is 2.97. The predicted molar refractivity (Wildman–Crippen MR) is 97.6 cm³/mol. The van der Waals surface area contributed by atoms with Crippen LogP contribution in [0.4, 0.5) is 10.1 Å². The van der Waals surface area contributed by atoms with E-state index in [0.29, 0.717) is 0 Å². The van der Waals surface area contributed by atoms with E-state index in [-0.39, 0.29) is 17.3 Å². The second-order valence-electron chi connectivity index (χ2n) is 7.60. The summed E-state index contributed by atoms with van der Waals surface area (Å²) in [6.45, 7) is 10.1. The summed E-state index contributed by atoms with van der Waals surface area (Å²) in [5.41, 5.74) is 2.04. The number of hydrogen-bond acceptors (Lipinski definition) is 1. The number of carbonyl (C=O) groups is 1. The summed E-state index contributed by atoms with van der Waals surface area (Å²) in [6.07, 6.45) is 5.24. The summed E-state index contributed by atoms with van der Waals surface area (Å²) in [5.74, 6) is -0.147. The lowest BCUT2D eigenvalue weighted by molar-refractivity contribution is -0.934. The van der Waals surface area contributed by atoms with E-state index >= 15 is 0 Å². The summed E-state index contributed by atoms with van der Waals surface area (Å²) in [4.78, 5) is 13.2. The minimum Gasteiger partial charge on any atom is -0.320 e. The van der Waals surface area contributed by atoms with E-state index in [0.717, 1.165) is 66.5 Å². The molecule has 0 spiro atoms. The summed E-state index contributed by atoms with van der Waals surface area (Å²) in [5, 5.41) is 3.13. The van der Waals surface area contributed by atoms with Gasteiger partial charge in [-0.05, 0) is 49.9 Å². The van der Waals surface area contributed by atoms with Crippen molar-refractivity contribution in [2.24, 2.45) is 0 Å². The van der Waals surface area contributed by atoms with Crippen molar-refractivity contribution in [1.29, 1.82) is 0 Å². The van der Waals surface area contributed by atoms with Crippen molar-refractivity contribution in [2.75, 3.05) is 25.5 Å². The third-order valence-electron chi connectivity index (χ3n) is 5.64. The molecule has 0 aliphatic heterocycles. The molecule has 1 unspecified atom stereocenters. The molecule has 1 fully saturated rings. The number of unbranched alkanes of at least 4 members (excludes halogenated alkanes) is 1. The first kappa shape index (κ1) is 18.9. The van der Waals surface area contributed by atoms with Crippen LogP contribution in [0.5, 0.6) is 0 Å². The van der Waals surface area contributed by atoms with Crippen molar-refractivity contribution in [2.45, 2.75) is 65.3 Å². The number of anilines is 1. The molecule has 1 atom stereocenters. The molecule has 24 heavy (non-hydrogen) atoms. The molecular formula is C20H32FN2O+. The molecule has 1 N–H and O–H groups in total. The number of amides is 1. The number of quaternary nitrogens is 1. The number of benzene rings is 1. The lowest BCUT2D eigenvalue weighted by Crippen LogP contribution is -2.60. The van der Waals surface area contributed by atoms with Gasteiger partial charge in [0.15, 0.2) is 5.54 Å². The van der Waals surface area contributed by atoms with Crippen LogP contribution in [0, 0.1) is 19.7 Å². The average molecular weight is 335 g/mol. The highest BCUT2D eigenvalue weighted by Crippen LogP contribution is 2.47. The normalized spacial score (nSPS) is 18.1. The molecule has 0 saturated heterocycles. The van der Waals surface area contributed by atoms with Crippen LogP contribution < -0.4 is 5.32 Å². The van der Waals surface area contributed by atoms with Crippen molar-refractivity contribution in [3.8, 4) is 0 Å². The van der Waals surface area contributed by atoms with Crippen molar-refractivity contribution in [1.82, 2.24) is 0 Å². The predicted octanol–water partition coefficient (Wildman–Crippen LogP) is 4.57. The topological polar surface area (TPSA) is 29.1 Å². The van der Waals surface area contributed by atoms with Crippen LogP contribution in [-0.4, -0.2) is 36.1 Å². The van der Waals surface area contributed by atoms with Crippen LogP contribution in [0.25, 0.3) is 0 Å². The number of carbonyl (C=O) groups excluding carboxylic acids is 1. The van der Waals surface area contributed by atoms with Gasteiger partial charge in [-0.3, -0.25) is 4.79 Å². The molecule has 0 bridgehead atoms. The molecule has 1 aromatic rings. The fraction of sp³-hybridized carbons (Fsp3) is 0.650. The summed E-state index contributed by atoms with van der Waals surface area (Å²) in [7, 11) is 2.23. The van der Waals surface area contributed by atoms with Crippen LogP contribution in [0.2, 0.25) is 0 Å².